The molecule has 0 aliphatic heterocycles. The van der Waals surface area contributed by atoms with Gasteiger partial charge in [-0.15, -0.1) is 0 Å². The molecular formula is C55H47N. The van der Waals surface area contributed by atoms with Gasteiger partial charge in [0.2, 0.25) is 0 Å². The summed E-state index contributed by atoms with van der Waals surface area (Å²) >= 11 is 0. The first-order valence-corrected chi connectivity index (χ1v) is 20.0. The zero-order chi connectivity index (χ0) is 38.4. The Kier molecular flexibility index (Phi) is 7.61. The SMILES string of the molecule is CC(C)(c1ccccc1)c1ccc(N(c2ccc3c(c2)-c2ccccc2C3(C)C)c2ccc3ccccc3c2-c2ccc3c(c2)C(C)(C)c2ccccc2-3)cc1. The van der Waals surface area contributed by atoms with Crippen molar-refractivity contribution in [2.24, 2.45) is 0 Å². The van der Waals surface area contributed by atoms with Crippen LogP contribution >= 0.6 is 0 Å². The van der Waals surface area contributed by atoms with Crippen molar-refractivity contribution in [3.05, 3.63) is 209 Å². The summed E-state index contributed by atoms with van der Waals surface area (Å²) in [5, 5.41) is 2.48. The topological polar surface area (TPSA) is 3.24 Å². The summed E-state index contributed by atoms with van der Waals surface area (Å²) in [5.74, 6) is 0. The minimum atomic E-state index is -0.142. The van der Waals surface area contributed by atoms with E-state index in [0.29, 0.717) is 0 Å². The van der Waals surface area contributed by atoms with Crippen LogP contribution in [0.25, 0.3) is 44.2 Å². The van der Waals surface area contributed by atoms with Crippen molar-refractivity contribution in [2.45, 2.75) is 57.8 Å². The molecule has 0 radical (unpaired) electrons. The lowest BCUT2D eigenvalue weighted by Crippen LogP contribution is -2.19. The molecule has 56 heavy (non-hydrogen) atoms. The van der Waals surface area contributed by atoms with Crippen molar-refractivity contribution in [1.29, 1.82) is 0 Å². The van der Waals surface area contributed by atoms with Gasteiger partial charge < -0.3 is 4.90 Å². The van der Waals surface area contributed by atoms with Crippen molar-refractivity contribution < 1.29 is 0 Å². The Morgan fingerprint density at radius 1 is 0.411 bits per heavy atom. The van der Waals surface area contributed by atoms with Crippen LogP contribution in [-0.2, 0) is 16.2 Å². The van der Waals surface area contributed by atoms with Crippen LogP contribution in [-0.4, -0.2) is 0 Å². The van der Waals surface area contributed by atoms with Gasteiger partial charge in [0, 0.05) is 33.2 Å². The predicted molar refractivity (Wildman–Crippen MR) is 238 cm³/mol. The van der Waals surface area contributed by atoms with E-state index in [2.05, 4.69) is 222 Å². The van der Waals surface area contributed by atoms with Gasteiger partial charge in [-0.1, -0.05) is 181 Å². The zero-order valence-electron chi connectivity index (χ0n) is 33.2. The summed E-state index contributed by atoms with van der Waals surface area (Å²) in [6, 6.07) is 65.9. The minimum Gasteiger partial charge on any atom is -0.310 e. The number of hydrogen-bond acceptors (Lipinski definition) is 1. The molecule has 0 heterocycles. The first-order valence-electron chi connectivity index (χ1n) is 20.0. The van der Waals surface area contributed by atoms with Crippen LogP contribution in [0.1, 0.15) is 74.9 Å². The maximum Gasteiger partial charge on any atom is 0.0546 e. The summed E-state index contributed by atoms with van der Waals surface area (Å²) < 4.78 is 0. The lowest BCUT2D eigenvalue weighted by Gasteiger charge is -2.31. The third kappa shape index (κ3) is 5.07. The molecule has 0 saturated heterocycles. The molecule has 0 bridgehead atoms. The number of rotatable bonds is 6. The number of nitrogens with zero attached hydrogens (tertiary/aromatic N) is 1. The van der Waals surface area contributed by atoms with Gasteiger partial charge >= 0.3 is 0 Å². The second-order valence-electron chi connectivity index (χ2n) is 17.4. The van der Waals surface area contributed by atoms with E-state index in [1.165, 1.54) is 77.5 Å². The molecule has 2 aliphatic carbocycles. The van der Waals surface area contributed by atoms with Crippen LogP contribution in [0.2, 0.25) is 0 Å². The maximum absolute atomic E-state index is 2.50. The van der Waals surface area contributed by atoms with Crippen LogP contribution in [0.4, 0.5) is 17.1 Å². The Balaban J connectivity index is 1.21. The molecule has 1 heteroatoms. The van der Waals surface area contributed by atoms with E-state index in [0.717, 1.165) is 17.1 Å². The number of benzene rings is 8. The van der Waals surface area contributed by atoms with Crippen LogP contribution in [0, 0.1) is 0 Å². The summed E-state index contributed by atoms with van der Waals surface area (Å²) in [4.78, 5) is 2.50. The van der Waals surface area contributed by atoms with Gasteiger partial charge in [-0.3, -0.25) is 0 Å². The summed E-state index contributed by atoms with van der Waals surface area (Å²) in [7, 11) is 0. The Morgan fingerprint density at radius 2 is 0.964 bits per heavy atom. The number of anilines is 3. The average Bonchev–Trinajstić information content (AvgIpc) is 3.60. The zero-order valence-corrected chi connectivity index (χ0v) is 33.2. The molecule has 272 valence electrons. The van der Waals surface area contributed by atoms with Gasteiger partial charge in [-0.05, 0) is 108 Å². The van der Waals surface area contributed by atoms with Gasteiger partial charge in [0.25, 0.3) is 0 Å². The Morgan fingerprint density at radius 3 is 1.70 bits per heavy atom. The summed E-state index contributed by atoms with van der Waals surface area (Å²) in [5.41, 5.74) is 19.1. The van der Waals surface area contributed by atoms with Crippen molar-refractivity contribution in [1.82, 2.24) is 0 Å². The molecule has 2 aliphatic rings. The first-order chi connectivity index (χ1) is 27.0. The molecule has 0 unspecified atom stereocenters. The molecular weight excluding hydrogens is 675 g/mol. The fourth-order valence-corrected chi connectivity index (χ4v) is 9.93. The van der Waals surface area contributed by atoms with Gasteiger partial charge in [-0.2, -0.15) is 0 Å². The van der Waals surface area contributed by atoms with Crippen LogP contribution in [0.3, 0.4) is 0 Å². The van der Waals surface area contributed by atoms with E-state index in [1.807, 2.05) is 0 Å². The third-order valence-electron chi connectivity index (χ3n) is 13.2. The van der Waals surface area contributed by atoms with E-state index in [9.17, 15) is 0 Å². The second-order valence-corrected chi connectivity index (χ2v) is 17.4. The fraction of sp³-hybridized carbons (Fsp3) is 0.164. The normalized spacial score (nSPS) is 14.5. The van der Waals surface area contributed by atoms with Crippen molar-refractivity contribution >= 4 is 27.8 Å². The largest absolute Gasteiger partial charge is 0.310 e. The standard InChI is InChI=1S/C55H47N/c1-53(2,38-17-8-7-9-18-38)39-26-28-40(29-27-39)56(41-30-32-49-46(35-41)44-21-13-15-23-48(44)54(49,3)4)51-33-25-36-16-10-11-19-42(36)52(51)37-24-31-45-43-20-12-14-22-47(43)55(5,6)50(45)34-37/h7-35H,1-6H3. The van der Waals surface area contributed by atoms with Crippen LogP contribution in [0.5, 0.6) is 0 Å². The molecule has 8 aromatic carbocycles. The molecule has 0 amide bonds. The van der Waals surface area contributed by atoms with Crippen molar-refractivity contribution in [2.75, 3.05) is 4.90 Å². The highest BCUT2D eigenvalue weighted by atomic mass is 15.1. The van der Waals surface area contributed by atoms with E-state index < -0.39 is 0 Å². The Labute approximate surface area is 331 Å². The highest BCUT2D eigenvalue weighted by Gasteiger charge is 2.37. The van der Waals surface area contributed by atoms with Crippen molar-refractivity contribution in [3.63, 3.8) is 0 Å². The second kappa shape index (κ2) is 12.4. The summed E-state index contributed by atoms with van der Waals surface area (Å²) in [6.07, 6.45) is 0. The lowest BCUT2D eigenvalue weighted by molar-refractivity contribution is 0.641. The van der Waals surface area contributed by atoms with E-state index in [4.69, 9.17) is 0 Å². The molecule has 0 spiro atoms. The average molecular weight is 722 g/mol. The lowest BCUT2D eigenvalue weighted by atomic mass is 9.78. The van der Waals surface area contributed by atoms with E-state index >= 15 is 0 Å². The molecule has 0 saturated carbocycles. The molecule has 0 fully saturated rings. The maximum atomic E-state index is 2.50. The Hall–Kier alpha value is -6.18. The monoisotopic (exact) mass is 721 g/mol. The van der Waals surface area contributed by atoms with Gasteiger partial charge in [0.1, 0.15) is 0 Å². The fourth-order valence-electron chi connectivity index (χ4n) is 9.93. The van der Waals surface area contributed by atoms with Crippen molar-refractivity contribution in [3.8, 4) is 33.4 Å². The number of fused-ring (bicyclic) bond motifs is 7. The van der Waals surface area contributed by atoms with Gasteiger partial charge in [0.05, 0.1) is 5.69 Å². The first kappa shape index (κ1) is 34.3. The minimum absolute atomic E-state index is 0.0666. The number of hydrogen-bond donors (Lipinski definition) is 0. The molecule has 0 atom stereocenters. The smallest absolute Gasteiger partial charge is 0.0546 e. The quantitative estimate of drug-likeness (QED) is 0.165. The predicted octanol–water partition coefficient (Wildman–Crippen LogP) is 14.9. The van der Waals surface area contributed by atoms with Crippen LogP contribution < -0.4 is 4.90 Å². The summed E-state index contributed by atoms with van der Waals surface area (Å²) in [6.45, 7) is 14.1. The van der Waals surface area contributed by atoms with Crippen LogP contribution in [0.15, 0.2) is 176 Å². The Bertz CT molecular complexity index is 2820. The molecule has 10 rings (SSSR count). The molecule has 0 aromatic heterocycles. The highest BCUT2D eigenvalue weighted by Crippen LogP contribution is 2.54. The van der Waals surface area contributed by atoms with E-state index in [-0.39, 0.29) is 16.2 Å². The molecule has 8 aromatic rings. The molecule has 1 nitrogen and oxygen atoms in total. The van der Waals surface area contributed by atoms with E-state index in [1.54, 1.807) is 0 Å². The van der Waals surface area contributed by atoms with Gasteiger partial charge in [0.15, 0.2) is 0 Å². The van der Waals surface area contributed by atoms with Gasteiger partial charge in [-0.25, -0.2) is 0 Å². The highest BCUT2D eigenvalue weighted by molar-refractivity contribution is 6.06. The third-order valence-corrected chi connectivity index (χ3v) is 13.2. The molecule has 0 N–H and O–H groups in total.